The molecule has 2 aromatic rings. The van der Waals surface area contributed by atoms with Gasteiger partial charge >= 0.3 is 0 Å². The lowest BCUT2D eigenvalue weighted by Gasteiger charge is -2.21. The highest BCUT2D eigenvalue weighted by Gasteiger charge is 2.42. The van der Waals surface area contributed by atoms with Crippen LogP contribution in [0.5, 0.6) is 5.75 Å². The second-order valence-electron chi connectivity index (χ2n) is 7.80. The van der Waals surface area contributed by atoms with Crippen molar-refractivity contribution < 1.29 is 17.9 Å². The number of rotatable bonds is 7. The van der Waals surface area contributed by atoms with Gasteiger partial charge in [-0.1, -0.05) is 24.3 Å². The molecule has 0 radical (unpaired) electrons. The molecule has 0 aliphatic carbocycles. The number of aryl methyl sites for hydroxylation is 2. The summed E-state index contributed by atoms with van der Waals surface area (Å²) in [4.78, 5) is 14.5. The van der Waals surface area contributed by atoms with E-state index >= 15 is 0 Å². The molecule has 7 heteroatoms. The van der Waals surface area contributed by atoms with Gasteiger partial charge in [-0.25, -0.2) is 12.7 Å². The number of ketones is 1. The summed E-state index contributed by atoms with van der Waals surface area (Å²) in [5.41, 5.74) is 3.61. The van der Waals surface area contributed by atoms with Gasteiger partial charge in [-0.2, -0.15) is 0 Å². The molecule has 0 N–H and O–H groups in total. The number of carbonyl (C=O) groups is 1. The van der Waals surface area contributed by atoms with E-state index in [4.69, 9.17) is 4.74 Å². The first-order valence-corrected chi connectivity index (χ1v) is 13.1. The largest absolute Gasteiger partial charge is 0.493 e. The summed E-state index contributed by atoms with van der Waals surface area (Å²) in [6.45, 7) is 7.03. The molecular weight excluding hydrogens is 418 g/mol. The predicted octanol–water partition coefficient (Wildman–Crippen LogP) is 4.28. The summed E-state index contributed by atoms with van der Waals surface area (Å²) < 4.78 is 31.7. The molecule has 3 rings (SSSR count). The number of Topliss-reactive ketones (excluding diaryl/α,β-unsaturated/α-hetero) is 1. The topological polar surface area (TPSA) is 63.7 Å². The second kappa shape index (κ2) is 9.12. The molecule has 1 aliphatic rings. The van der Waals surface area contributed by atoms with Crippen LogP contribution in [-0.4, -0.2) is 50.7 Å². The van der Waals surface area contributed by atoms with Crippen LogP contribution in [-0.2, 0) is 10.0 Å². The van der Waals surface area contributed by atoms with Gasteiger partial charge in [0.25, 0.3) is 0 Å². The van der Waals surface area contributed by atoms with E-state index in [2.05, 4.69) is 0 Å². The highest BCUT2D eigenvalue weighted by atomic mass is 32.2. The number of sulfonamides is 1. The Balaban J connectivity index is 2.00. The van der Waals surface area contributed by atoms with Crippen LogP contribution >= 0.6 is 11.8 Å². The Morgan fingerprint density at radius 2 is 1.73 bits per heavy atom. The number of thioether (sulfide) groups is 1. The number of hydrogen-bond donors (Lipinski definition) is 0. The van der Waals surface area contributed by atoms with Crippen molar-refractivity contribution in [3.05, 3.63) is 58.7 Å². The minimum atomic E-state index is -3.39. The van der Waals surface area contributed by atoms with Crippen molar-refractivity contribution in [2.45, 2.75) is 31.6 Å². The molecule has 1 heterocycles. The van der Waals surface area contributed by atoms with Gasteiger partial charge in [-0.3, -0.25) is 4.79 Å². The van der Waals surface area contributed by atoms with E-state index in [-0.39, 0.29) is 18.2 Å². The molecule has 0 unspecified atom stereocenters. The molecule has 1 fully saturated rings. The van der Waals surface area contributed by atoms with E-state index in [0.29, 0.717) is 18.7 Å². The fourth-order valence-electron chi connectivity index (χ4n) is 4.18. The third-order valence-electron chi connectivity index (χ3n) is 5.67. The van der Waals surface area contributed by atoms with E-state index in [1.54, 1.807) is 11.8 Å². The monoisotopic (exact) mass is 447 g/mol. The zero-order valence-corrected chi connectivity index (χ0v) is 19.8. The molecule has 1 saturated heterocycles. The van der Waals surface area contributed by atoms with Crippen LogP contribution in [0.1, 0.15) is 39.9 Å². The Morgan fingerprint density at radius 1 is 1.13 bits per heavy atom. The van der Waals surface area contributed by atoms with Crippen LogP contribution < -0.4 is 4.74 Å². The third-order valence-corrected chi connectivity index (χ3v) is 7.65. The van der Waals surface area contributed by atoms with Crippen molar-refractivity contribution in [2.24, 2.45) is 5.92 Å². The molecule has 0 bridgehead atoms. The molecule has 162 valence electrons. The SMILES string of the molecule is CCOc1c(C)cc([C@@H]2CN(S(C)(=O)=O)C[C@H]2C(=O)c2ccc(SC)cc2)cc1C. The summed E-state index contributed by atoms with van der Waals surface area (Å²) in [6.07, 6.45) is 3.20. The molecule has 2 aromatic carbocycles. The summed E-state index contributed by atoms with van der Waals surface area (Å²) in [5.74, 6) is 0.231. The van der Waals surface area contributed by atoms with E-state index in [0.717, 1.165) is 27.3 Å². The lowest BCUT2D eigenvalue weighted by atomic mass is 9.82. The molecule has 1 aliphatic heterocycles. The average molecular weight is 448 g/mol. The standard InChI is InChI=1S/C23H29NO4S2/c1-6-28-23-15(2)11-18(12-16(23)3)20-13-24(30(5,26)27)14-21(20)22(25)17-7-9-19(29-4)10-8-17/h7-12,20-21H,6,13-14H2,1-5H3/t20-,21+/m0/s1. The van der Waals surface area contributed by atoms with Crippen molar-refractivity contribution in [3.8, 4) is 5.75 Å². The van der Waals surface area contributed by atoms with Crippen LogP contribution in [0, 0.1) is 19.8 Å². The minimum absolute atomic E-state index is 0.0111. The van der Waals surface area contributed by atoms with E-state index < -0.39 is 15.9 Å². The van der Waals surface area contributed by atoms with E-state index in [1.165, 1.54) is 10.6 Å². The predicted molar refractivity (Wildman–Crippen MR) is 122 cm³/mol. The van der Waals surface area contributed by atoms with Crippen LogP contribution in [0.25, 0.3) is 0 Å². The molecule has 0 saturated carbocycles. The number of nitrogens with zero attached hydrogens (tertiary/aromatic N) is 1. The van der Waals surface area contributed by atoms with Crippen LogP contribution in [0.2, 0.25) is 0 Å². The highest BCUT2D eigenvalue weighted by Crippen LogP contribution is 2.38. The molecule has 5 nitrogen and oxygen atoms in total. The average Bonchev–Trinajstić information content (AvgIpc) is 3.16. The van der Waals surface area contributed by atoms with Gasteiger partial charge in [0.15, 0.2) is 5.78 Å². The van der Waals surface area contributed by atoms with Gasteiger partial charge in [-0.05, 0) is 55.9 Å². The number of hydrogen-bond acceptors (Lipinski definition) is 5. The maximum atomic E-state index is 13.4. The van der Waals surface area contributed by atoms with Crippen LogP contribution in [0.15, 0.2) is 41.3 Å². The Hall–Kier alpha value is -1.83. The van der Waals surface area contributed by atoms with Gasteiger partial charge in [-0.15, -0.1) is 11.8 Å². The molecule has 0 aromatic heterocycles. The molecule has 0 amide bonds. The van der Waals surface area contributed by atoms with Crippen molar-refractivity contribution in [2.75, 3.05) is 32.2 Å². The smallest absolute Gasteiger partial charge is 0.211 e. The van der Waals surface area contributed by atoms with Crippen molar-refractivity contribution >= 4 is 27.6 Å². The third kappa shape index (κ3) is 4.74. The van der Waals surface area contributed by atoms with Gasteiger partial charge < -0.3 is 4.74 Å². The fraction of sp³-hybridized carbons (Fsp3) is 0.435. The van der Waals surface area contributed by atoms with Crippen LogP contribution in [0.4, 0.5) is 0 Å². The number of benzene rings is 2. The van der Waals surface area contributed by atoms with Gasteiger partial charge in [0.1, 0.15) is 5.75 Å². The Kier molecular flexibility index (Phi) is 6.95. The first kappa shape index (κ1) is 22.8. The quantitative estimate of drug-likeness (QED) is 0.468. The van der Waals surface area contributed by atoms with E-state index in [9.17, 15) is 13.2 Å². The summed E-state index contributed by atoms with van der Waals surface area (Å²) >= 11 is 1.62. The molecule has 2 atom stereocenters. The first-order chi connectivity index (χ1) is 14.2. The van der Waals surface area contributed by atoms with Gasteiger partial charge in [0.2, 0.25) is 10.0 Å². The Labute approximate surface area is 183 Å². The van der Waals surface area contributed by atoms with Crippen LogP contribution in [0.3, 0.4) is 0 Å². The number of ether oxygens (including phenoxy) is 1. The Bertz CT molecular complexity index is 1010. The van der Waals surface area contributed by atoms with Crippen molar-refractivity contribution in [3.63, 3.8) is 0 Å². The maximum Gasteiger partial charge on any atom is 0.211 e. The van der Waals surface area contributed by atoms with Gasteiger partial charge in [0.05, 0.1) is 12.9 Å². The lowest BCUT2D eigenvalue weighted by molar-refractivity contribution is 0.0918. The number of carbonyl (C=O) groups excluding carboxylic acids is 1. The summed E-state index contributed by atoms with van der Waals surface area (Å²) in [6, 6.07) is 11.6. The first-order valence-electron chi connectivity index (χ1n) is 10.0. The van der Waals surface area contributed by atoms with E-state index in [1.807, 2.05) is 63.4 Å². The van der Waals surface area contributed by atoms with Crippen molar-refractivity contribution in [1.29, 1.82) is 0 Å². The lowest BCUT2D eigenvalue weighted by Crippen LogP contribution is -2.28. The second-order valence-corrected chi connectivity index (χ2v) is 10.7. The normalized spacial score (nSPS) is 19.8. The zero-order valence-electron chi connectivity index (χ0n) is 18.1. The molecule has 0 spiro atoms. The Morgan fingerprint density at radius 3 is 2.23 bits per heavy atom. The summed E-state index contributed by atoms with van der Waals surface area (Å²) in [7, 11) is -3.39. The fourth-order valence-corrected chi connectivity index (χ4v) is 5.45. The zero-order chi connectivity index (χ0) is 22.1. The molecule has 30 heavy (non-hydrogen) atoms. The summed E-state index contributed by atoms with van der Waals surface area (Å²) in [5, 5.41) is 0. The van der Waals surface area contributed by atoms with Crippen molar-refractivity contribution in [1.82, 2.24) is 4.31 Å². The molecular formula is C23H29NO4S2. The minimum Gasteiger partial charge on any atom is -0.493 e. The van der Waals surface area contributed by atoms with Gasteiger partial charge in [0, 0.05) is 35.4 Å². The highest BCUT2D eigenvalue weighted by molar-refractivity contribution is 7.98. The maximum absolute atomic E-state index is 13.4.